The van der Waals surface area contributed by atoms with Gasteiger partial charge in [0, 0.05) is 16.5 Å². The first-order chi connectivity index (χ1) is 17.0. The van der Waals surface area contributed by atoms with Gasteiger partial charge in [-0.2, -0.15) is 4.98 Å². The quantitative estimate of drug-likeness (QED) is 0.254. The second-order valence-electron chi connectivity index (χ2n) is 8.20. The molecule has 1 unspecified atom stereocenters. The van der Waals surface area contributed by atoms with Crippen molar-refractivity contribution in [3.8, 4) is 5.75 Å². The van der Waals surface area contributed by atoms with Crippen molar-refractivity contribution in [1.29, 1.82) is 0 Å². The predicted octanol–water partition coefficient (Wildman–Crippen LogP) is 6.25. The minimum Gasteiger partial charge on any atom is -0.489 e. The number of anilines is 1. The Bertz CT molecular complexity index is 1210. The topological polar surface area (TPSA) is 78.3 Å². The lowest BCUT2D eigenvalue weighted by Crippen LogP contribution is -2.29. The molecule has 1 N–H and O–H groups in total. The van der Waals surface area contributed by atoms with E-state index < -0.39 is 6.04 Å². The number of esters is 1. The number of fused-ring (bicyclic) bond motifs is 1. The van der Waals surface area contributed by atoms with Gasteiger partial charge in [0.05, 0.1) is 12.2 Å². The van der Waals surface area contributed by atoms with Crippen molar-refractivity contribution in [3.05, 3.63) is 76.0 Å². The maximum Gasteiger partial charge on any atom is 0.338 e. The van der Waals surface area contributed by atoms with Gasteiger partial charge in [-0.3, -0.25) is 0 Å². The first kappa shape index (κ1) is 25.1. The van der Waals surface area contributed by atoms with Crippen LogP contribution in [0, 0.1) is 0 Å². The SMILES string of the molecule is CCCOC(=O)C1=C(C)Nc2nc(SCCC)nn2C1c1cccc(OCc2ccc(Cl)cc2)c1. The average molecular weight is 513 g/mol. The summed E-state index contributed by atoms with van der Waals surface area (Å²) in [6.45, 7) is 6.72. The van der Waals surface area contributed by atoms with Crippen molar-refractivity contribution in [2.24, 2.45) is 0 Å². The molecule has 0 saturated heterocycles. The number of aromatic nitrogens is 3. The highest BCUT2D eigenvalue weighted by Crippen LogP contribution is 2.37. The van der Waals surface area contributed by atoms with Crippen LogP contribution in [0.15, 0.2) is 65.0 Å². The van der Waals surface area contributed by atoms with Crippen molar-refractivity contribution in [1.82, 2.24) is 14.8 Å². The summed E-state index contributed by atoms with van der Waals surface area (Å²) >= 11 is 7.58. The van der Waals surface area contributed by atoms with Gasteiger partial charge >= 0.3 is 5.97 Å². The fraction of sp³-hybridized carbons (Fsp3) is 0.346. The number of nitrogens with one attached hydrogen (secondary N) is 1. The van der Waals surface area contributed by atoms with E-state index >= 15 is 0 Å². The zero-order chi connectivity index (χ0) is 24.8. The van der Waals surface area contributed by atoms with Crippen LogP contribution < -0.4 is 10.1 Å². The molecule has 0 bridgehead atoms. The monoisotopic (exact) mass is 512 g/mol. The molecule has 0 radical (unpaired) electrons. The van der Waals surface area contributed by atoms with Crippen LogP contribution in [0.4, 0.5) is 5.95 Å². The van der Waals surface area contributed by atoms with Gasteiger partial charge in [-0.15, -0.1) is 5.10 Å². The minimum atomic E-state index is -0.488. The summed E-state index contributed by atoms with van der Waals surface area (Å²) < 4.78 is 13.4. The molecule has 4 rings (SSSR count). The lowest BCUT2D eigenvalue weighted by atomic mass is 9.95. The van der Waals surface area contributed by atoms with E-state index in [9.17, 15) is 4.79 Å². The van der Waals surface area contributed by atoms with Crippen molar-refractivity contribution in [2.75, 3.05) is 17.7 Å². The molecule has 0 spiro atoms. The van der Waals surface area contributed by atoms with Gasteiger partial charge in [0.2, 0.25) is 11.1 Å². The molecule has 0 saturated carbocycles. The Morgan fingerprint density at radius 3 is 2.71 bits per heavy atom. The third kappa shape index (κ3) is 6.00. The number of halogens is 1. The van der Waals surface area contributed by atoms with Crippen LogP contribution in [-0.4, -0.2) is 33.1 Å². The summed E-state index contributed by atoms with van der Waals surface area (Å²) in [6, 6.07) is 14.8. The predicted molar refractivity (Wildman–Crippen MR) is 139 cm³/mol. The van der Waals surface area contributed by atoms with Crippen LogP contribution in [0.3, 0.4) is 0 Å². The van der Waals surface area contributed by atoms with Gasteiger partial charge in [0.25, 0.3) is 0 Å². The molecule has 1 aliphatic heterocycles. The molecular formula is C26H29ClN4O3S. The maximum atomic E-state index is 13.1. The summed E-state index contributed by atoms with van der Waals surface area (Å²) in [5.74, 6) is 1.85. The number of ether oxygens (including phenoxy) is 2. The number of benzene rings is 2. The number of hydrogen-bond donors (Lipinski definition) is 1. The van der Waals surface area contributed by atoms with E-state index in [2.05, 4.69) is 17.2 Å². The molecule has 1 aromatic heterocycles. The zero-order valence-corrected chi connectivity index (χ0v) is 21.7. The number of thioether (sulfide) groups is 1. The van der Waals surface area contributed by atoms with E-state index in [0.29, 0.717) is 46.4 Å². The number of allylic oxidation sites excluding steroid dienone is 1. The number of carbonyl (C=O) groups is 1. The van der Waals surface area contributed by atoms with Gasteiger partial charge in [-0.1, -0.05) is 61.5 Å². The molecule has 184 valence electrons. The van der Waals surface area contributed by atoms with Crippen LogP contribution in [0.25, 0.3) is 0 Å². The van der Waals surface area contributed by atoms with Crippen LogP contribution in [0.2, 0.25) is 5.02 Å². The highest BCUT2D eigenvalue weighted by molar-refractivity contribution is 7.99. The Hall–Kier alpha value is -2.97. The number of rotatable bonds is 10. The third-order valence-corrected chi connectivity index (χ3v) is 6.71. The number of carbonyl (C=O) groups excluding carboxylic acids is 1. The summed E-state index contributed by atoms with van der Waals surface area (Å²) in [6.07, 6.45) is 1.76. The molecule has 1 atom stereocenters. The van der Waals surface area contributed by atoms with Crippen molar-refractivity contribution in [2.45, 2.75) is 51.4 Å². The Morgan fingerprint density at radius 1 is 1.17 bits per heavy atom. The molecule has 2 aromatic carbocycles. The first-order valence-electron chi connectivity index (χ1n) is 11.7. The van der Waals surface area contributed by atoms with Gasteiger partial charge in [0.15, 0.2) is 0 Å². The molecule has 0 amide bonds. The summed E-state index contributed by atoms with van der Waals surface area (Å²) in [4.78, 5) is 17.8. The van der Waals surface area contributed by atoms with Crippen LogP contribution in [0.1, 0.15) is 50.8 Å². The first-order valence-corrected chi connectivity index (χ1v) is 13.1. The molecule has 9 heteroatoms. The molecule has 35 heavy (non-hydrogen) atoms. The molecular weight excluding hydrogens is 484 g/mol. The standard InChI is InChI=1S/C26H29ClN4O3S/c1-4-13-33-24(32)22-17(3)28-25-29-26(35-14-5-2)30-31(25)23(22)19-7-6-8-21(15-19)34-16-18-9-11-20(27)12-10-18/h6-12,15,23H,4-5,13-14,16H2,1-3H3,(H,28,29,30). The number of hydrogen-bond acceptors (Lipinski definition) is 7. The van der Waals surface area contributed by atoms with Gasteiger partial charge in [0.1, 0.15) is 18.4 Å². The highest BCUT2D eigenvalue weighted by atomic mass is 35.5. The highest BCUT2D eigenvalue weighted by Gasteiger charge is 2.35. The molecule has 3 aromatic rings. The second-order valence-corrected chi connectivity index (χ2v) is 9.70. The summed E-state index contributed by atoms with van der Waals surface area (Å²) in [5.41, 5.74) is 3.09. The van der Waals surface area contributed by atoms with Gasteiger partial charge in [-0.05, 0) is 55.2 Å². The van der Waals surface area contributed by atoms with Gasteiger partial charge < -0.3 is 14.8 Å². The minimum absolute atomic E-state index is 0.356. The molecule has 0 fully saturated rings. The van der Waals surface area contributed by atoms with Crippen molar-refractivity contribution in [3.63, 3.8) is 0 Å². The lowest BCUT2D eigenvalue weighted by molar-refractivity contribution is -0.139. The Kier molecular flexibility index (Phi) is 8.36. The molecule has 0 aliphatic carbocycles. The van der Waals surface area contributed by atoms with Crippen molar-refractivity contribution < 1.29 is 14.3 Å². The van der Waals surface area contributed by atoms with Crippen LogP contribution >= 0.6 is 23.4 Å². The maximum absolute atomic E-state index is 13.1. The Balaban J connectivity index is 1.67. The molecule has 1 aliphatic rings. The smallest absolute Gasteiger partial charge is 0.338 e. The normalized spacial score (nSPS) is 14.9. The van der Waals surface area contributed by atoms with E-state index in [0.717, 1.165) is 29.7 Å². The average Bonchev–Trinajstić information content (AvgIpc) is 3.27. The van der Waals surface area contributed by atoms with Crippen molar-refractivity contribution >= 4 is 35.3 Å². The zero-order valence-electron chi connectivity index (χ0n) is 20.1. The van der Waals surface area contributed by atoms with Crippen LogP contribution in [-0.2, 0) is 16.1 Å². The van der Waals surface area contributed by atoms with Gasteiger partial charge in [-0.25, -0.2) is 9.48 Å². The number of nitrogens with zero attached hydrogens (tertiary/aromatic N) is 3. The lowest BCUT2D eigenvalue weighted by Gasteiger charge is -2.28. The Labute approximate surface area is 214 Å². The van der Waals surface area contributed by atoms with Crippen LogP contribution in [0.5, 0.6) is 5.75 Å². The largest absolute Gasteiger partial charge is 0.489 e. The van der Waals surface area contributed by atoms with E-state index in [1.54, 1.807) is 16.4 Å². The fourth-order valence-electron chi connectivity index (χ4n) is 3.75. The second kappa shape index (κ2) is 11.6. The Morgan fingerprint density at radius 2 is 1.97 bits per heavy atom. The van der Waals surface area contributed by atoms with E-state index in [1.165, 1.54) is 0 Å². The van der Waals surface area contributed by atoms with E-state index in [-0.39, 0.29) is 5.97 Å². The fourth-order valence-corrected chi connectivity index (χ4v) is 4.56. The summed E-state index contributed by atoms with van der Waals surface area (Å²) in [7, 11) is 0. The third-order valence-electron chi connectivity index (χ3n) is 5.42. The summed E-state index contributed by atoms with van der Waals surface area (Å²) in [5, 5.41) is 9.34. The molecule has 2 heterocycles. The van der Waals surface area contributed by atoms with E-state index in [4.69, 9.17) is 26.2 Å². The molecule has 7 nitrogen and oxygen atoms in total. The van der Waals surface area contributed by atoms with E-state index in [1.807, 2.05) is 62.4 Å².